The van der Waals surface area contributed by atoms with Crippen molar-refractivity contribution in [3.63, 3.8) is 0 Å². The van der Waals surface area contributed by atoms with Gasteiger partial charge in [0.15, 0.2) is 5.78 Å². The summed E-state index contributed by atoms with van der Waals surface area (Å²) in [5.41, 5.74) is 0. The van der Waals surface area contributed by atoms with Crippen LogP contribution in [0.15, 0.2) is 0 Å². The third-order valence-corrected chi connectivity index (χ3v) is 0.891. The first-order valence-electron chi connectivity index (χ1n) is 2.29. The zero-order valence-corrected chi connectivity index (χ0v) is 5.12. The molecule has 0 aromatic carbocycles. The van der Waals surface area contributed by atoms with Crippen LogP contribution in [-0.2, 0) is 4.79 Å². The number of ketones is 1. The van der Waals surface area contributed by atoms with Gasteiger partial charge < -0.3 is 0 Å². The van der Waals surface area contributed by atoms with Crippen LogP contribution < -0.4 is 0 Å². The number of thiocarbonyl (C=S) groups is 1. The maximum atomic E-state index is 10.3. The van der Waals surface area contributed by atoms with Gasteiger partial charge in [-0.15, -0.1) is 0 Å². The molecule has 0 saturated heterocycles. The first kappa shape index (κ1) is 6.76. The van der Waals surface area contributed by atoms with Gasteiger partial charge in [0.1, 0.15) is 0 Å². The van der Waals surface area contributed by atoms with Crippen LogP contribution in [0, 0.1) is 0 Å². The van der Waals surface area contributed by atoms with Gasteiger partial charge in [0.2, 0.25) is 0 Å². The van der Waals surface area contributed by atoms with E-state index in [0.717, 1.165) is 6.42 Å². The topological polar surface area (TPSA) is 17.1 Å². The molecule has 0 fully saturated rings. The number of rotatable bonds is 3. The summed E-state index contributed by atoms with van der Waals surface area (Å²) >= 11 is 4.37. The first-order chi connectivity index (χ1) is 3.31. The summed E-state index contributed by atoms with van der Waals surface area (Å²) in [4.78, 5) is 10.3. The van der Waals surface area contributed by atoms with E-state index in [9.17, 15) is 4.79 Å². The predicted octanol–water partition coefficient (Wildman–Crippen LogP) is 1.36. The van der Waals surface area contributed by atoms with Gasteiger partial charge in [0, 0.05) is 11.8 Å². The quantitative estimate of drug-likeness (QED) is 0.518. The Bertz CT molecular complexity index is 78.1. The molecule has 0 aromatic rings. The van der Waals surface area contributed by atoms with Crippen molar-refractivity contribution in [2.75, 3.05) is 0 Å². The van der Waals surface area contributed by atoms with Crippen LogP contribution >= 0.6 is 12.2 Å². The first-order valence-corrected chi connectivity index (χ1v) is 2.76. The van der Waals surface area contributed by atoms with E-state index in [1.807, 2.05) is 6.92 Å². The molecule has 0 aliphatic rings. The van der Waals surface area contributed by atoms with Crippen LogP contribution in [0.4, 0.5) is 0 Å². The van der Waals surface area contributed by atoms with E-state index in [1.165, 1.54) is 5.37 Å². The minimum atomic E-state index is 0.0671. The van der Waals surface area contributed by atoms with E-state index in [0.29, 0.717) is 6.42 Å². The van der Waals surface area contributed by atoms with Gasteiger partial charge in [0.05, 0.1) is 0 Å². The summed E-state index contributed by atoms with van der Waals surface area (Å²) in [5.74, 6) is 0.0671. The molecule has 0 N–H and O–H groups in total. The molecular formula is C5H8OS. The smallest absolute Gasteiger partial charge is 0.166 e. The lowest BCUT2D eigenvalue weighted by atomic mass is 10.3. The fraction of sp³-hybridized carbons (Fsp3) is 0.600. The maximum Gasteiger partial charge on any atom is 0.166 e. The van der Waals surface area contributed by atoms with Gasteiger partial charge in [-0.05, 0) is 6.42 Å². The lowest BCUT2D eigenvalue weighted by Gasteiger charge is -1.81. The minimum Gasteiger partial charge on any atom is -0.294 e. The standard InChI is InChI=1S/C5H8OS/c1-2-3-5(6)4-7/h4H,2-3H2,1H3. The molecule has 0 amide bonds. The Balaban J connectivity index is 3.17. The summed E-state index contributed by atoms with van der Waals surface area (Å²) in [7, 11) is 0. The molecule has 0 heterocycles. The number of hydrogen-bond acceptors (Lipinski definition) is 2. The Labute approximate surface area is 48.7 Å². The lowest BCUT2D eigenvalue weighted by molar-refractivity contribution is -0.112. The van der Waals surface area contributed by atoms with E-state index in [2.05, 4.69) is 12.2 Å². The largest absolute Gasteiger partial charge is 0.294 e. The molecular weight excluding hydrogens is 108 g/mol. The molecule has 7 heavy (non-hydrogen) atoms. The highest BCUT2D eigenvalue weighted by atomic mass is 32.1. The molecule has 1 nitrogen and oxygen atoms in total. The Morgan fingerprint density at radius 3 is 2.57 bits per heavy atom. The maximum absolute atomic E-state index is 10.3. The molecule has 0 aliphatic heterocycles. The fourth-order valence-electron chi connectivity index (χ4n) is 0.305. The van der Waals surface area contributed by atoms with Crippen LogP contribution in [0.25, 0.3) is 0 Å². The summed E-state index contributed by atoms with van der Waals surface area (Å²) in [6.45, 7) is 1.96. The Kier molecular flexibility index (Phi) is 3.80. The van der Waals surface area contributed by atoms with Crippen LogP contribution in [0.1, 0.15) is 19.8 Å². The second-order valence-electron chi connectivity index (χ2n) is 1.33. The molecule has 2 heteroatoms. The molecule has 0 atom stereocenters. The van der Waals surface area contributed by atoms with Crippen molar-refractivity contribution in [2.24, 2.45) is 0 Å². The van der Waals surface area contributed by atoms with Crippen molar-refractivity contribution < 1.29 is 4.79 Å². The van der Waals surface area contributed by atoms with Crippen molar-refractivity contribution in [3.8, 4) is 0 Å². The van der Waals surface area contributed by atoms with Crippen molar-refractivity contribution in [1.29, 1.82) is 0 Å². The predicted molar refractivity (Wildman–Crippen MR) is 33.6 cm³/mol. The van der Waals surface area contributed by atoms with E-state index in [4.69, 9.17) is 0 Å². The summed E-state index contributed by atoms with van der Waals surface area (Å²) in [6.07, 6.45) is 1.50. The number of Topliss-reactive ketones (excluding diaryl/α,β-unsaturated/α-hetero) is 1. The van der Waals surface area contributed by atoms with Crippen LogP contribution in [0.3, 0.4) is 0 Å². The van der Waals surface area contributed by atoms with E-state index < -0.39 is 0 Å². The molecule has 0 spiro atoms. The van der Waals surface area contributed by atoms with Gasteiger partial charge in [-0.25, -0.2) is 0 Å². The zero-order chi connectivity index (χ0) is 5.70. The van der Waals surface area contributed by atoms with Crippen LogP contribution in [0.5, 0.6) is 0 Å². The molecule has 0 saturated carbocycles. The van der Waals surface area contributed by atoms with E-state index >= 15 is 0 Å². The highest BCUT2D eigenvalue weighted by Gasteiger charge is 1.89. The van der Waals surface area contributed by atoms with Gasteiger partial charge >= 0.3 is 0 Å². The zero-order valence-electron chi connectivity index (χ0n) is 4.31. The molecule has 0 rings (SSSR count). The Morgan fingerprint density at radius 2 is 2.43 bits per heavy atom. The highest BCUT2D eigenvalue weighted by molar-refractivity contribution is 7.80. The second-order valence-corrected chi connectivity index (χ2v) is 1.57. The van der Waals surface area contributed by atoms with Gasteiger partial charge in [-0.3, -0.25) is 4.79 Å². The average molecular weight is 116 g/mol. The number of carbonyl (C=O) groups is 1. The minimum absolute atomic E-state index is 0.0671. The normalized spacial score (nSPS) is 8.14. The van der Waals surface area contributed by atoms with Crippen molar-refractivity contribution in [3.05, 3.63) is 0 Å². The summed E-state index contributed by atoms with van der Waals surface area (Å²) in [6, 6.07) is 0. The third-order valence-electron chi connectivity index (χ3n) is 0.628. The lowest BCUT2D eigenvalue weighted by Crippen LogP contribution is -1.93. The van der Waals surface area contributed by atoms with E-state index in [1.54, 1.807) is 0 Å². The molecule has 0 unspecified atom stereocenters. The monoisotopic (exact) mass is 116 g/mol. The van der Waals surface area contributed by atoms with Crippen molar-refractivity contribution in [2.45, 2.75) is 19.8 Å². The molecule has 0 bridgehead atoms. The summed E-state index contributed by atoms with van der Waals surface area (Å²) < 4.78 is 0. The molecule has 40 valence electrons. The van der Waals surface area contributed by atoms with Crippen LogP contribution in [0.2, 0.25) is 0 Å². The van der Waals surface area contributed by atoms with Gasteiger partial charge in [-0.1, -0.05) is 19.1 Å². The molecule has 0 aromatic heterocycles. The SMILES string of the molecule is CCCC(=O)C=S. The Hall–Kier alpha value is -0.240. The molecule has 0 radical (unpaired) electrons. The fourth-order valence-corrected chi connectivity index (χ4v) is 0.423. The summed E-state index contributed by atoms with van der Waals surface area (Å²) in [5, 5.41) is 1.20. The van der Waals surface area contributed by atoms with Crippen LogP contribution in [-0.4, -0.2) is 11.2 Å². The van der Waals surface area contributed by atoms with Gasteiger partial charge in [-0.2, -0.15) is 0 Å². The Morgan fingerprint density at radius 1 is 1.86 bits per heavy atom. The third kappa shape index (κ3) is 3.59. The number of hydrogen-bond donors (Lipinski definition) is 0. The van der Waals surface area contributed by atoms with Gasteiger partial charge in [0.25, 0.3) is 0 Å². The van der Waals surface area contributed by atoms with E-state index in [-0.39, 0.29) is 5.78 Å². The van der Waals surface area contributed by atoms with Crippen molar-refractivity contribution >= 4 is 23.4 Å². The van der Waals surface area contributed by atoms with Crippen molar-refractivity contribution in [1.82, 2.24) is 0 Å². The second kappa shape index (κ2) is 3.93. The molecule has 0 aliphatic carbocycles. The number of carbonyl (C=O) groups excluding carboxylic acids is 1. The highest BCUT2D eigenvalue weighted by Crippen LogP contribution is 1.84. The average Bonchev–Trinajstić information content (AvgIpc) is 1.68.